The van der Waals surface area contributed by atoms with E-state index in [0.717, 1.165) is 0 Å². The monoisotopic (exact) mass is 123 g/mol. The molecule has 0 aromatic heterocycles. The average molecular weight is 123 g/mol. The molecule has 0 bridgehead atoms. The highest BCUT2D eigenvalue weighted by Gasteiger charge is 1.92. The van der Waals surface area contributed by atoms with Crippen LogP contribution in [0.3, 0.4) is 0 Å². The van der Waals surface area contributed by atoms with Crippen molar-refractivity contribution in [1.29, 1.82) is 0 Å². The molecule has 1 unspecified atom stereocenters. The van der Waals surface area contributed by atoms with Gasteiger partial charge in [0.2, 0.25) is 0 Å². The van der Waals surface area contributed by atoms with Crippen LogP contribution in [0, 0.1) is 0 Å². The summed E-state index contributed by atoms with van der Waals surface area (Å²) in [5, 5.41) is 0. The maximum Gasteiger partial charge on any atom is 0.130 e. The van der Waals surface area contributed by atoms with E-state index < -0.39 is 11.2 Å². The number of hydrogen-bond acceptors (Lipinski definition) is 3. The van der Waals surface area contributed by atoms with E-state index >= 15 is 0 Å². The summed E-state index contributed by atoms with van der Waals surface area (Å²) >= 11 is -0.770. The molecule has 0 saturated heterocycles. The van der Waals surface area contributed by atoms with Crippen molar-refractivity contribution in [3.8, 4) is 0 Å². The molecule has 4 heteroatoms. The van der Waals surface area contributed by atoms with Crippen molar-refractivity contribution in [1.82, 2.24) is 0 Å². The Kier molecular flexibility index (Phi) is 4.53. The molecule has 0 aliphatic carbocycles. The summed E-state index contributed by atoms with van der Waals surface area (Å²) in [7, 11) is 0. The Labute approximate surface area is 46.0 Å². The lowest BCUT2D eigenvalue weighted by Crippen LogP contribution is -2.12. The van der Waals surface area contributed by atoms with Crippen molar-refractivity contribution in [3.05, 3.63) is 0 Å². The first-order chi connectivity index (χ1) is 3.27. The molecule has 0 aliphatic heterocycles. The third-order valence-corrected chi connectivity index (χ3v) is 1.23. The first kappa shape index (κ1) is 7.23. The molecule has 0 heterocycles. The Morgan fingerprint density at radius 3 is 2.57 bits per heavy atom. The van der Waals surface area contributed by atoms with Gasteiger partial charge in [-0.2, -0.15) is 0 Å². The van der Waals surface area contributed by atoms with Gasteiger partial charge in [0.25, 0.3) is 0 Å². The van der Waals surface area contributed by atoms with Gasteiger partial charge in [-0.15, -0.1) is 0 Å². The largest absolute Gasteiger partial charge is 0.616 e. The Bertz CT molecular complexity index is 41.9. The third-order valence-electron chi connectivity index (χ3n) is 0.489. The van der Waals surface area contributed by atoms with Gasteiger partial charge >= 0.3 is 0 Å². The zero-order chi connectivity index (χ0) is 5.70. The minimum Gasteiger partial charge on any atom is -0.616 e. The molecule has 0 fully saturated rings. The lowest BCUT2D eigenvalue weighted by atomic mass is 10.9. The molecule has 3 nitrogen and oxygen atoms in total. The fourth-order valence-corrected chi connectivity index (χ4v) is 0.496. The molecule has 7 heavy (non-hydrogen) atoms. The average Bonchev–Trinajstić information content (AvgIpc) is 1.61. The summed E-state index contributed by atoms with van der Waals surface area (Å²) in [5.41, 5.74) is 0. The van der Waals surface area contributed by atoms with Gasteiger partial charge in [0.15, 0.2) is 0 Å². The quantitative estimate of drug-likeness (QED) is 0.397. The lowest BCUT2D eigenvalue weighted by molar-refractivity contribution is 0.154. The van der Waals surface area contributed by atoms with Gasteiger partial charge in [-0.1, -0.05) is 11.2 Å². The highest BCUT2D eigenvalue weighted by Crippen LogP contribution is 1.79. The second-order valence-corrected chi connectivity index (χ2v) is 2.70. The maximum atomic E-state index is 10.2. The van der Waals surface area contributed by atoms with E-state index in [9.17, 15) is 4.55 Å². The molecule has 44 valence electrons. The van der Waals surface area contributed by atoms with Crippen molar-refractivity contribution in [3.63, 3.8) is 0 Å². The summed E-state index contributed by atoms with van der Waals surface area (Å²) in [5.74, 6) is 5.17. The Hall–Kier alpha value is 0.230. The van der Waals surface area contributed by atoms with Crippen molar-refractivity contribution in [2.45, 2.75) is 0 Å². The molecular weight excluding hydrogens is 114 g/mol. The van der Waals surface area contributed by atoms with Crippen LogP contribution in [0.1, 0.15) is 0 Å². The fraction of sp³-hybridized carbons (Fsp3) is 1.00. The van der Waals surface area contributed by atoms with Crippen LogP contribution in [0.2, 0.25) is 0 Å². The summed E-state index contributed by atoms with van der Waals surface area (Å²) in [6.07, 6.45) is 1.61. The van der Waals surface area contributed by atoms with Crippen molar-refractivity contribution < 1.29 is 9.39 Å². The van der Waals surface area contributed by atoms with E-state index in [-0.39, 0.29) is 0 Å². The van der Waals surface area contributed by atoms with Gasteiger partial charge < -0.3 is 4.55 Å². The van der Waals surface area contributed by atoms with Crippen LogP contribution < -0.4 is 5.90 Å². The predicted molar refractivity (Wildman–Crippen MR) is 29.1 cm³/mol. The van der Waals surface area contributed by atoms with E-state index in [0.29, 0.717) is 12.4 Å². The normalized spacial score (nSPS) is 14.1. The first-order valence-electron chi connectivity index (χ1n) is 1.89. The molecule has 0 rings (SSSR count). The molecule has 2 N–H and O–H groups in total. The molecule has 0 aliphatic rings. The van der Waals surface area contributed by atoms with Crippen LogP contribution >= 0.6 is 0 Å². The molecule has 0 aromatic rings. The summed E-state index contributed by atoms with van der Waals surface area (Å²) in [6, 6.07) is 0. The van der Waals surface area contributed by atoms with Gasteiger partial charge in [0.05, 0.1) is 6.26 Å². The second-order valence-electron chi connectivity index (χ2n) is 1.15. The predicted octanol–water partition coefficient (Wildman–Crippen LogP) is -0.745. The van der Waals surface area contributed by atoms with E-state index in [1.807, 2.05) is 0 Å². The Morgan fingerprint density at radius 1 is 1.86 bits per heavy atom. The van der Waals surface area contributed by atoms with Crippen LogP contribution in [-0.2, 0) is 16.0 Å². The van der Waals surface area contributed by atoms with Crippen molar-refractivity contribution in [2.75, 3.05) is 18.6 Å². The highest BCUT2D eigenvalue weighted by molar-refractivity contribution is 7.90. The van der Waals surface area contributed by atoms with Gasteiger partial charge in [-0.05, 0) is 0 Å². The molecule has 0 saturated carbocycles. The zero-order valence-electron chi connectivity index (χ0n) is 4.22. The molecule has 0 radical (unpaired) electrons. The fourth-order valence-electron chi connectivity index (χ4n) is 0.165. The smallest absolute Gasteiger partial charge is 0.130 e. The molecule has 1 atom stereocenters. The van der Waals surface area contributed by atoms with Gasteiger partial charge in [-0.25, -0.2) is 5.90 Å². The topological polar surface area (TPSA) is 58.3 Å². The minimum atomic E-state index is -0.770. The first-order valence-corrected chi connectivity index (χ1v) is 3.62. The number of hydrogen-bond donors (Lipinski definition) is 1. The summed E-state index contributed by atoms with van der Waals surface area (Å²) in [4.78, 5) is 4.16. The van der Waals surface area contributed by atoms with Crippen LogP contribution in [0.4, 0.5) is 0 Å². The SMILES string of the molecule is C[S+]([O-])CCON. The number of nitrogens with two attached hydrogens (primary N) is 1. The zero-order valence-corrected chi connectivity index (χ0v) is 5.03. The Balaban J connectivity index is 2.68. The summed E-state index contributed by atoms with van der Waals surface area (Å²) in [6.45, 7) is 0.378. The second kappa shape index (κ2) is 4.39. The van der Waals surface area contributed by atoms with E-state index in [2.05, 4.69) is 10.7 Å². The minimum absolute atomic E-state index is 0.378. The van der Waals surface area contributed by atoms with Gasteiger partial charge in [0.1, 0.15) is 12.4 Å². The highest BCUT2D eigenvalue weighted by atomic mass is 32.2. The molecule has 0 aromatic carbocycles. The van der Waals surface area contributed by atoms with Crippen LogP contribution in [0.25, 0.3) is 0 Å². The van der Waals surface area contributed by atoms with Crippen LogP contribution in [0.15, 0.2) is 0 Å². The standard InChI is InChI=1S/C3H9NO2S/c1-7(5)3-2-6-4/h2-4H2,1H3. The van der Waals surface area contributed by atoms with Crippen molar-refractivity contribution in [2.24, 2.45) is 5.90 Å². The van der Waals surface area contributed by atoms with Gasteiger partial charge in [0, 0.05) is 0 Å². The lowest BCUT2D eigenvalue weighted by Gasteiger charge is -2.00. The number of rotatable bonds is 3. The van der Waals surface area contributed by atoms with E-state index in [1.165, 1.54) is 0 Å². The van der Waals surface area contributed by atoms with Crippen molar-refractivity contribution >= 4 is 11.2 Å². The third kappa shape index (κ3) is 6.23. The van der Waals surface area contributed by atoms with Gasteiger partial charge in [-0.3, -0.25) is 4.84 Å². The van der Waals surface area contributed by atoms with E-state index in [1.54, 1.807) is 6.26 Å². The Morgan fingerprint density at radius 2 is 2.43 bits per heavy atom. The maximum absolute atomic E-state index is 10.2. The summed E-state index contributed by atoms with van der Waals surface area (Å²) < 4.78 is 10.2. The van der Waals surface area contributed by atoms with E-state index in [4.69, 9.17) is 0 Å². The van der Waals surface area contributed by atoms with Crippen LogP contribution in [0.5, 0.6) is 0 Å². The molecule has 0 amide bonds. The van der Waals surface area contributed by atoms with Crippen LogP contribution in [-0.4, -0.2) is 23.2 Å². The molecule has 0 spiro atoms. The molecular formula is C3H9NO2S.